The number of rotatable bonds is 6. The van der Waals surface area contributed by atoms with Gasteiger partial charge in [-0.05, 0) is 29.8 Å². The standard InChI is InChI=1S/C19H14ClFN4S2/c20-17-14(9-13-3-1-2-4-16(13)23-17)11-26-19-25-24-18(27-19)22-10-12-5-7-15(21)8-6-12/h1-9H,10-11H2,(H,22,24). The maximum absolute atomic E-state index is 12.9. The fourth-order valence-corrected chi connectivity index (χ4v) is 4.51. The van der Waals surface area contributed by atoms with Crippen molar-refractivity contribution in [3.05, 3.63) is 76.7 Å². The first-order valence-corrected chi connectivity index (χ1v) is 10.3. The average Bonchev–Trinajstić information content (AvgIpc) is 3.14. The largest absolute Gasteiger partial charge is 0.356 e. The van der Waals surface area contributed by atoms with Gasteiger partial charge in [-0.15, -0.1) is 10.2 Å². The smallest absolute Gasteiger partial charge is 0.206 e. The van der Waals surface area contributed by atoms with Crippen LogP contribution in [-0.4, -0.2) is 15.2 Å². The van der Waals surface area contributed by atoms with E-state index in [1.54, 1.807) is 23.9 Å². The van der Waals surface area contributed by atoms with Crippen LogP contribution in [0.25, 0.3) is 10.9 Å². The molecule has 0 saturated carbocycles. The molecule has 2 aromatic heterocycles. The molecule has 1 N–H and O–H groups in total. The van der Waals surface area contributed by atoms with Crippen molar-refractivity contribution in [3.8, 4) is 0 Å². The summed E-state index contributed by atoms with van der Waals surface area (Å²) < 4.78 is 13.8. The number of anilines is 1. The van der Waals surface area contributed by atoms with Gasteiger partial charge in [0.1, 0.15) is 11.0 Å². The van der Waals surface area contributed by atoms with Gasteiger partial charge < -0.3 is 5.32 Å². The first-order valence-electron chi connectivity index (χ1n) is 8.16. The van der Waals surface area contributed by atoms with E-state index in [-0.39, 0.29) is 5.82 Å². The highest BCUT2D eigenvalue weighted by molar-refractivity contribution is 8.00. The number of hydrogen-bond acceptors (Lipinski definition) is 6. The fraction of sp³-hybridized carbons (Fsp3) is 0.105. The van der Waals surface area contributed by atoms with Crippen molar-refractivity contribution in [1.29, 1.82) is 0 Å². The lowest BCUT2D eigenvalue weighted by Gasteiger charge is -2.04. The van der Waals surface area contributed by atoms with Crippen LogP contribution in [0.1, 0.15) is 11.1 Å². The molecule has 0 aliphatic rings. The summed E-state index contributed by atoms with van der Waals surface area (Å²) in [7, 11) is 0. The summed E-state index contributed by atoms with van der Waals surface area (Å²) in [6.07, 6.45) is 0. The van der Waals surface area contributed by atoms with E-state index >= 15 is 0 Å². The van der Waals surface area contributed by atoms with Crippen molar-refractivity contribution in [1.82, 2.24) is 15.2 Å². The molecule has 2 aromatic carbocycles. The van der Waals surface area contributed by atoms with Crippen molar-refractivity contribution in [2.45, 2.75) is 16.6 Å². The molecule has 8 heteroatoms. The molecule has 4 rings (SSSR count). The zero-order valence-corrected chi connectivity index (χ0v) is 16.4. The van der Waals surface area contributed by atoms with Gasteiger partial charge in [0.25, 0.3) is 0 Å². The Balaban J connectivity index is 1.38. The van der Waals surface area contributed by atoms with Crippen LogP contribution in [0.2, 0.25) is 5.15 Å². The zero-order chi connectivity index (χ0) is 18.6. The number of hydrogen-bond donors (Lipinski definition) is 1. The summed E-state index contributed by atoms with van der Waals surface area (Å²) in [4.78, 5) is 4.44. The monoisotopic (exact) mass is 416 g/mol. The van der Waals surface area contributed by atoms with Gasteiger partial charge in [-0.1, -0.05) is 65.0 Å². The van der Waals surface area contributed by atoms with Crippen LogP contribution in [0.3, 0.4) is 0 Å². The van der Waals surface area contributed by atoms with Gasteiger partial charge in [0.2, 0.25) is 5.13 Å². The Kier molecular flexibility index (Phi) is 5.52. The van der Waals surface area contributed by atoms with Crippen molar-refractivity contribution in [3.63, 3.8) is 0 Å². The molecule has 136 valence electrons. The molecule has 0 aliphatic carbocycles. The molecule has 2 heterocycles. The number of benzene rings is 2. The molecule has 0 atom stereocenters. The van der Waals surface area contributed by atoms with Gasteiger partial charge in [-0.3, -0.25) is 0 Å². The summed E-state index contributed by atoms with van der Waals surface area (Å²) >= 11 is 9.35. The molecule has 0 saturated heterocycles. The lowest BCUT2D eigenvalue weighted by Crippen LogP contribution is -1.98. The lowest BCUT2D eigenvalue weighted by atomic mass is 10.2. The molecular formula is C19H14ClFN4S2. The molecule has 0 unspecified atom stereocenters. The van der Waals surface area contributed by atoms with E-state index in [0.29, 0.717) is 17.5 Å². The van der Waals surface area contributed by atoms with Crippen LogP contribution >= 0.6 is 34.7 Å². The molecule has 0 aliphatic heterocycles. The first-order chi connectivity index (χ1) is 13.2. The van der Waals surface area contributed by atoms with Gasteiger partial charge in [0, 0.05) is 23.2 Å². The van der Waals surface area contributed by atoms with Crippen LogP contribution in [0.5, 0.6) is 0 Å². The van der Waals surface area contributed by atoms with E-state index in [0.717, 1.165) is 31.5 Å². The number of nitrogens with one attached hydrogen (secondary N) is 1. The Bertz CT molecular complexity index is 1070. The van der Waals surface area contributed by atoms with Gasteiger partial charge in [-0.2, -0.15) is 0 Å². The Morgan fingerprint density at radius 2 is 1.89 bits per heavy atom. The summed E-state index contributed by atoms with van der Waals surface area (Å²) in [5.41, 5.74) is 2.84. The Morgan fingerprint density at radius 3 is 2.74 bits per heavy atom. The fourth-order valence-electron chi connectivity index (χ4n) is 2.50. The Hall–Kier alpha value is -2.22. The van der Waals surface area contributed by atoms with Crippen LogP contribution in [0.4, 0.5) is 9.52 Å². The number of aromatic nitrogens is 3. The SMILES string of the molecule is Fc1ccc(CNc2nnc(SCc3cc4ccccc4nc3Cl)s2)cc1. The molecule has 0 radical (unpaired) electrons. The van der Waals surface area contributed by atoms with Crippen molar-refractivity contribution >= 4 is 50.7 Å². The van der Waals surface area contributed by atoms with Crippen LogP contribution < -0.4 is 5.32 Å². The lowest BCUT2D eigenvalue weighted by molar-refractivity contribution is 0.627. The second-order valence-electron chi connectivity index (χ2n) is 5.77. The topological polar surface area (TPSA) is 50.7 Å². The van der Waals surface area contributed by atoms with Gasteiger partial charge >= 0.3 is 0 Å². The maximum atomic E-state index is 12.9. The van der Waals surface area contributed by atoms with E-state index < -0.39 is 0 Å². The zero-order valence-electron chi connectivity index (χ0n) is 14.0. The summed E-state index contributed by atoms with van der Waals surface area (Å²) in [5, 5.41) is 13.9. The van der Waals surface area contributed by atoms with Gasteiger partial charge in [0.05, 0.1) is 5.52 Å². The van der Waals surface area contributed by atoms with Crippen molar-refractivity contribution in [2.75, 3.05) is 5.32 Å². The molecular weight excluding hydrogens is 403 g/mol. The molecule has 0 fully saturated rings. The van der Waals surface area contributed by atoms with Gasteiger partial charge in [0.15, 0.2) is 4.34 Å². The third-order valence-electron chi connectivity index (χ3n) is 3.86. The van der Waals surface area contributed by atoms with E-state index in [4.69, 9.17) is 11.6 Å². The third-order valence-corrected chi connectivity index (χ3v) is 6.26. The van der Waals surface area contributed by atoms with Crippen LogP contribution in [-0.2, 0) is 12.3 Å². The van der Waals surface area contributed by atoms with Crippen molar-refractivity contribution in [2.24, 2.45) is 0 Å². The van der Waals surface area contributed by atoms with Gasteiger partial charge in [-0.25, -0.2) is 9.37 Å². The van der Waals surface area contributed by atoms with E-state index in [9.17, 15) is 4.39 Å². The van der Waals surface area contributed by atoms with E-state index in [1.165, 1.54) is 23.5 Å². The second-order valence-corrected chi connectivity index (χ2v) is 8.33. The summed E-state index contributed by atoms with van der Waals surface area (Å²) in [5.74, 6) is 0.429. The maximum Gasteiger partial charge on any atom is 0.206 e. The van der Waals surface area contributed by atoms with E-state index in [1.807, 2.05) is 24.3 Å². The highest BCUT2D eigenvalue weighted by atomic mass is 35.5. The normalized spacial score (nSPS) is 11.0. The quantitative estimate of drug-likeness (QED) is 0.319. The van der Waals surface area contributed by atoms with Crippen molar-refractivity contribution < 1.29 is 4.39 Å². The molecule has 4 nitrogen and oxygen atoms in total. The first kappa shape index (κ1) is 18.2. The number of thioether (sulfide) groups is 1. The number of para-hydroxylation sites is 1. The Labute approximate surface area is 168 Å². The predicted octanol–water partition coefficient (Wildman–Crippen LogP) is 5.78. The highest BCUT2D eigenvalue weighted by Gasteiger charge is 2.09. The third kappa shape index (κ3) is 4.55. The molecule has 0 amide bonds. The van der Waals surface area contributed by atoms with Crippen LogP contribution in [0.15, 0.2) is 58.9 Å². The van der Waals surface area contributed by atoms with Crippen LogP contribution in [0, 0.1) is 5.82 Å². The Morgan fingerprint density at radius 1 is 1.07 bits per heavy atom. The highest BCUT2D eigenvalue weighted by Crippen LogP contribution is 2.31. The van der Waals surface area contributed by atoms with E-state index in [2.05, 4.69) is 26.6 Å². The summed E-state index contributed by atoms with van der Waals surface area (Å²) in [6, 6.07) is 16.3. The minimum atomic E-state index is -0.241. The second kappa shape index (κ2) is 8.21. The number of pyridine rings is 1. The summed E-state index contributed by atoms with van der Waals surface area (Å²) in [6.45, 7) is 0.569. The predicted molar refractivity (Wildman–Crippen MR) is 110 cm³/mol. The number of fused-ring (bicyclic) bond motifs is 1. The molecule has 0 spiro atoms. The minimum Gasteiger partial charge on any atom is -0.356 e. The number of halogens is 2. The number of nitrogens with zero attached hydrogens (tertiary/aromatic N) is 3. The molecule has 0 bridgehead atoms. The average molecular weight is 417 g/mol. The molecule has 27 heavy (non-hydrogen) atoms. The minimum absolute atomic E-state index is 0.241. The molecule has 4 aromatic rings.